The number of thiazole rings is 1. The Labute approximate surface area is 160 Å². The van der Waals surface area contributed by atoms with Crippen molar-refractivity contribution in [3.63, 3.8) is 0 Å². The highest BCUT2D eigenvalue weighted by atomic mass is 32.1. The molecule has 2 N–H and O–H groups in total. The van der Waals surface area contributed by atoms with E-state index in [9.17, 15) is 9.59 Å². The van der Waals surface area contributed by atoms with Gasteiger partial charge >= 0.3 is 6.03 Å². The number of piperidine rings is 1. The van der Waals surface area contributed by atoms with Crippen LogP contribution in [0.4, 0.5) is 4.79 Å². The molecule has 4 rings (SSSR count). The van der Waals surface area contributed by atoms with Gasteiger partial charge in [-0.25, -0.2) is 14.8 Å². The van der Waals surface area contributed by atoms with Crippen molar-refractivity contribution >= 4 is 27.6 Å². The molecule has 3 aromatic rings. The maximum Gasteiger partial charge on any atom is 0.317 e. The zero-order chi connectivity index (χ0) is 18.6. The van der Waals surface area contributed by atoms with Crippen LogP contribution < -0.4 is 10.9 Å². The van der Waals surface area contributed by atoms with Gasteiger partial charge in [0.15, 0.2) is 0 Å². The largest absolute Gasteiger partial charge is 0.338 e. The van der Waals surface area contributed by atoms with Gasteiger partial charge in [0.05, 0.1) is 27.2 Å². The summed E-state index contributed by atoms with van der Waals surface area (Å²) in [5, 5.41) is 4.02. The molecule has 2 aromatic heterocycles. The van der Waals surface area contributed by atoms with Gasteiger partial charge in [0, 0.05) is 38.0 Å². The molecule has 1 atom stereocenters. The summed E-state index contributed by atoms with van der Waals surface area (Å²) in [6.45, 7) is 1.87. The molecule has 0 aliphatic carbocycles. The van der Waals surface area contributed by atoms with Gasteiger partial charge in [0.1, 0.15) is 0 Å². The van der Waals surface area contributed by atoms with Crippen molar-refractivity contribution < 1.29 is 4.79 Å². The van der Waals surface area contributed by atoms with Crippen molar-refractivity contribution in [2.24, 2.45) is 0 Å². The number of nitrogens with one attached hydrogen (secondary N) is 2. The van der Waals surface area contributed by atoms with Crippen LogP contribution in [0.5, 0.6) is 0 Å². The Balaban J connectivity index is 1.31. The second kappa shape index (κ2) is 7.87. The number of carbonyl (C=O) groups excluding carboxylic acids is 1. The number of aromatic nitrogens is 3. The lowest BCUT2D eigenvalue weighted by molar-refractivity contribution is 0.179. The molecule has 1 saturated heterocycles. The van der Waals surface area contributed by atoms with Crippen molar-refractivity contribution in [3.05, 3.63) is 57.7 Å². The lowest BCUT2D eigenvalue weighted by Gasteiger charge is -2.32. The van der Waals surface area contributed by atoms with Crippen LogP contribution in [0.3, 0.4) is 0 Å². The summed E-state index contributed by atoms with van der Waals surface area (Å²) >= 11 is 1.67. The molecular weight excluding hydrogens is 362 g/mol. The molecule has 1 fully saturated rings. The fraction of sp³-hybridized carbons (Fsp3) is 0.368. The van der Waals surface area contributed by atoms with Crippen LogP contribution in [0.15, 0.2) is 41.5 Å². The summed E-state index contributed by atoms with van der Waals surface area (Å²) in [4.78, 5) is 37.2. The zero-order valence-corrected chi connectivity index (χ0v) is 15.7. The molecule has 7 nitrogen and oxygen atoms in total. The molecule has 0 bridgehead atoms. The fourth-order valence-electron chi connectivity index (χ4n) is 3.42. The second-order valence-electron chi connectivity index (χ2n) is 6.68. The van der Waals surface area contributed by atoms with Crippen molar-refractivity contribution in [2.75, 3.05) is 19.6 Å². The maximum atomic E-state index is 12.5. The van der Waals surface area contributed by atoms with E-state index in [2.05, 4.69) is 26.3 Å². The summed E-state index contributed by atoms with van der Waals surface area (Å²) in [7, 11) is 0. The predicted molar refractivity (Wildman–Crippen MR) is 105 cm³/mol. The smallest absolute Gasteiger partial charge is 0.317 e. The Morgan fingerprint density at radius 1 is 1.37 bits per heavy atom. The van der Waals surface area contributed by atoms with E-state index in [0.29, 0.717) is 13.1 Å². The summed E-state index contributed by atoms with van der Waals surface area (Å²) in [6, 6.07) is 9.52. The molecule has 0 radical (unpaired) electrons. The Morgan fingerprint density at radius 2 is 2.26 bits per heavy atom. The quantitative estimate of drug-likeness (QED) is 0.724. The standard InChI is InChI=1S/C19H21N5O2S/c25-17-10-15(21-12-22-17)13-4-3-9-24(11-13)19(26)20-8-7-18-23-14-5-1-2-6-16(14)27-18/h1-2,5-6,10,12-13H,3-4,7-9,11H2,(H,20,26)(H,21,22,25)/t13-/m1/s1. The minimum absolute atomic E-state index is 0.0642. The van der Waals surface area contributed by atoms with E-state index in [1.807, 2.05) is 23.1 Å². The molecule has 2 amide bonds. The third-order valence-corrected chi connectivity index (χ3v) is 5.88. The molecule has 1 aliphatic heterocycles. The number of amides is 2. The van der Waals surface area contributed by atoms with Crippen LogP contribution in [0, 0.1) is 0 Å². The predicted octanol–water partition coefficient (Wildman–Crippen LogP) is 2.51. The van der Waals surface area contributed by atoms with E-state index in [1.165, 1.54) is 17.1 Å². The highest BCUT2D eigenvalue weighted by molar-refractivity contribution is 7.18. The topological polar surface area (TPSA) is 91.0 Å². The molecule has 1 aromatic carbocycles. The molecule has 1 aliphatic rings. The maximum absolute atomic E-state index is 12.5. The van der Waals surface area contributed by atoms with Gasteiger partial charge in [-0.15, -0.1) is 11.3 Å². The Bertz CT molecular complexity index is 966. The molecule has 0 spiro atoms. The van der Waals surface area contributed by atoms with E-state index in [1.54, 1.807) is 11.3 Å². The van der Waals surface area contributed by atoms with E-state index in [4.69, 9.17) is 0 Å². The Kier molecular flexibility index (Phi) is 5.15. The number of H-pyrrole nitrogens is 1. The summed E-state index contributed by atoms with van der Waals surface area (Å²) in [6.07, 6.45) is 3.99. The number of benzene rings is 1. The first-order valence-electron chi connectivity index (χ1n) is 9.11. The molecule has 140 valence electrons. The van der Waals surface area contributed by atoms with Gasteiger partial charge in [0.2, 0.25) is 0 Å². The first-order chi connectivity index (χ1) is 13.2. The first kappa shape index (κ1) is 17.7. The van der Waals surface area contributed by atoms with E-state index < -0.39 is 0 Å². The van der Waals surface area contributed by atoms with Gasteiger partial charge in [-0.2, -0.15) is 0 Å². The van der Waals surface area contributed by atoms with Crippen molar-refractivity contribution in [2.45, 2.75) is 25.2 Å². The number of hydrogen-bond donors (Lipinski definition) is 2. The van der Waals surface area contributed by atoms with Gasteiger partial charge in [0.25, 0.3) is 5.56 Å². The summed E-state index contributed by atoms with van der Waals surface area (Å²) in [5.41, 5.74) is 1.61. The normalized spacial score (nSPS) is 17.2. The van der Waals surface area contributed by atoms with E-state index in [-0.39, 0.29) is 17.5 Å². The number of rotatable bonds is 4. The summed E-state index contributed by atoms with van der Waals surface area (Å²) in [5.74, 6) is 0.107. The first-order valence-corrected chi connectivity index (χ1v) is 9.92. The Hall–Kier alpha value is -2.74. The average Bonchev–Trinajstić information content (AvgIpc) is 3.11. The van der Waals surface area contributed by atoms with Crippen LogP contribution in [-0.2, 0) is 6.42 Å². The molecule has 3 heterocycles. The van der Waals surface area contributed by atoms with Crippen molar-refractivity contribution in [3.8, 4) is 0 Å². The number of fused-ring (bicyclic) bond motifs is 1. The minimum atomic E-state index is -0.155. The van der Waals surface area contributed by atoms with Gasteiger partial charge in [-0.3, -0.25) is 4.79 Å². The average molecular weight is 383 g/mol. The number of aromatic amines is 1. The highest BCUT2D eigenvalue weighted by Crippen LogP contribution is 2.25. The van der Waals surface area contributed by atoms with Gasteiger partial charge in [-0.1, -0.05) is 12.1 Å². The van der Waals surface area contributed by atoms with Crippen molar-refractivity contribution in [1.82, 2.24) is 25.2 Å². The van der Waals surface area contributed by atoms with Crippen LogP contribution in [0.1, 0.15) is 29.5 Å². The summed E-state index contributed by atoms with van der Waals surface area (Å²) < 4.78 is 1.17. The molecular formula is C19H21N5O2S. The van der Waals surface area contributed by atoms with Crippen LogP contribution in [0.2, 0.25) is 0 Å². The number of hydrogen-bond acceptors (Lipinski definition) is 5. The van der Waals surface area contributed by atoms with Crippen LogP contribution in [-0.4, -0.2) is 45.5 Å². The van der Waals surface area contributed by atoms with Crippen LogP contribution in [0.25, 0.3) is 10.2 Å². The fourth-order valence-corrected chi connectivity index (χ4v) is 4.39. The number of likely N-dealkylation sites (tertiary alicyclic amines) is 1. The number of para-hydroxylation sites is 1. The number of nitrogens with zero attached hydrogens (tertiary/aromatic N) is 3. The number of urea groups is 1. The monoisotopic (exact) mass is 383 g/mol. The second-order valence-corrected chi connectivity index (χ2v) is 7.79. The van der Waals surface area contributed by atoms with E-state index in [0.717, 1.165) is 42.0 Å². The third-order valence-electron chi connectivity index (χ3n) is 4.78. The van der Waals surface area contributed by atoms with Gasteiger partial charge in [-0.05, 0) is 25.0 Å². The SMILES string of the molecule is O=C(NCCc1nc2ccccc2s1)N1CCC[C@@H](c2cc(=O)[nH]cn2)C1. The Morgan fingerprint density at radius 3 is 3.11 bits per heavy atom. The zero-order valence-electron chi connectivity index (χ0n) is 14.9. The third kappa shape index (κ3) is 4.16. The van der Waals surface area contributed by atoms with Crippen LogP contribution >= 0.6 is 11.3 Å². The molecule has 8 heteroatoms. The van der Waals surface area contributed by atoms with Crippen molar-refractivity contribution in [1.29, 1.82) is 0 Å². The van der Waals surface area contributed by atoms with E-state index >= 15 is 0 Å². The lowest BCUT2D eigenvalue weighted by atomic mass is 9.95. The minimum Gasteiger partial charge on any atom is -0.338 e. The highest BCUT2D eigenvalue weighted by Gasteiger charge is 2.25. The number of carbonyl (C=O) groups is 1. The molecule has 27 heavy (non-hydrogen) atoms. The molecule has 0 unspecified atom stereocenters. The van der Waals surface area contributed by atoms with Gasteiger partial charge < -0.3 is 15.2 Å². The molecule has 0 saturated carbocycles. The lowest BCUT2D eigenvalue weighted by Crippen LogP contribution is -2.45.